The van der Waals surface area contributed by atoms with Crippen molar-refractivity contribution in [3.8, 4) is 5.69 Å². The number of hydrogen-bond acceptors (Lipinski definition) is 3. The number of amides is 1. The van der Waals surface area contributed by atoms with Crippen LogP contribution in [0.25, 0.3) is 5.69 Å². The van der Waals surface area contributed by atoms with Crippen LogP contribution in [0.5, 0.6) is 0 Å². The lowest BCUT2D eigenvalue weighted by Crippen LogP contribution is -2.19. The van der Waals surface area contributed by atoms with Gasteiger partial charge in [-0.1, -0.05) is 39.7 Å². The van der Waals surface area contributed by atoms with Gasteiger partial charge in [-0.15, -0.1) is 11.8 Å². The fourth-order valence-electron chi connectivity index (χ4n) is 2.92. The van der Waals surface area contributed by atoms with E-state index in [1.807, 2.05) is 50.2 Å². The van der Waals surface area contributed by atoms with Crippen LogP contribution < -0.4 is 5.43 Å². The molecule has 1 heterocycles. The Morgan fingerprint density at radius 1 is 1.14 bits per heavy atom. The number of aromatic nitrogens is 1. The first-order chi connectivity index (χ1) is 13.4. The predicted molar refractivity (Wildman–Crippen MR) is 121 cm³/mol. The summed E-state index contributed by atoms with van der Waals surface area (Å²) < 4.78 is 3.20. The molecular weight excluding hydrogens is 434 g/mol. The number of thioether (sulfide) groups is 1. The molecule has 0 saturated carbocycles. The minimum atomic E-state index is -0.123. The first-order valence-electron chi connectivity index (χ1n) is 8.90. The third-order valence-electron chi connectivity index (χ3n) is 4.32. The first kappa shape index (κ1) is 20.4. The van der Waals surface area contributed by atoms with Crippen LogP contribution >= 0.6 is 27.7 Å². The molecule has 0 unspecified atom stereocenters. The van der Waals surface area contributed by atoms with Crippen molar-refractivity contribution in [3.05, 3.63) is 81.6 Å². The summed E-state index contributed by atoms with van der Waals surface area (Å²) in [7, 11) is 0. The van der Waals surface area contributed by atoms with E-state index in [-0.39, 0.29) is 5.91 Å². The highest BCUT2D eigenvalue weighted by Gasteiger charge is 2.10. The van der Waals surface area contributed by atoms with Crippen molar-refractivity contribution in [1.82, 2.24) is 9.99 Å². The molecule has 4 nitrogen and oxygen atoms in total. The van der Waals surface area contributed by atoms with Crippen molar-refractivity contribution >= 4 is 39.8 Å². The molecule has 6 heteroatoms. The highest BCUT2D eigenvalue weighted by Crippen LogP contribution is 2.22. The van der Waals surface area contributed by atoms with Gasteiger partial charge in [0.1, 0.15) is 0 Å². The molecule has 1 aromatic heterocycles. The topological polar surface area (TPSA) is 46.4 Å². The van der Waals surface area contributed by atoms with Crippen molar-refractivity contribution in [1.29, 1.82) is 0 Å². The van der Waals surface area contributed by atoms with Crippen molar-refractivity contribution in [2.24, 2.45) is 5.10 Å². The molecular formula is C22H22BrN3OS. The second-order valence-corrected chi connectivity index (χ2v) is 8.50. The summed E-state index contributed by atoms with van der Waals surface area (Å²) >= 11 is 5.02. The van der Waals surface area contributed by atoms with Gasteiger partial charge >= 0.3 is 0 Å². The van der Waals surface area contributed by atoms with Gasteiger partial charge in [0.05, 0.1) is 12.0 Å². The zero-order valence-electron chi connectivity index (χ0n) is 16.1. The molecule has 0 aliphatic carbocycles. The number of nitrogens with zero attached hydrogens (tertiary/aromatic N) is 2. The number of hydrazone groups is 1. The maximum Gasteiger partial charge on any atom is 0.250 e. The Morgan fingerprint density at radius 3 is 2.61 bits per heavy atom. The Balaban J connectivity index is 1.62. The van der Waals surface area contributed by atoms with E-state index in [1.165, 1.54) is 17.3 Å². The second-order valence-electron chi connectivity index (χ2n) is 6.54. The van der Waals surface area contributed by atoms with Gasteiger partial charge in [-0.2, -0.15) is 5.10 Å². The molecule has 1 N–H and O–H groups in total. The summed E-state index contributed by atoms with van der Waals surface area (Å²) in [5.74, 6) is 0.208. The molecule has 0 bridgehead atoms. The van der Waals surface area contributed by atoms with Gasteiger partial charge < -0.3 is 4.57 Å². The molecule has 0 fully saturated rings. The number of carbonyl (C=O) groups excluding carboxylic acids is 1. The number of rotatable bonds is 6. The van der Waals surface area contributed by atoms with Crippen LogP contribution in [0.3, 0.4) is 0 Å². The van der Waals surface area contributed by atoms with E-state index >= 15 is 0 Å². The van der Waals surface area contributed by atoms with E-state index in [2.05, 4.69) is 56.1 Å². The molecule has 2 aromatic carbocycles. The van der Waals surface area contributed by atoms with Gasteiger partial charge in [-0.3, -0.25) is 4.79 Å². The summed E-state index contributed by atoms with van der Waals surface area (Å²) in [6.45, 7) is 6.15. The number of halogens is 1. The predicted octanol–water partition coefficient (Wildman–Crippen LogP) is 5.41. The number of benzene rings is 2. The van der Waals surface area contributed by atoms with Gasteiger partial charge in [-0.05, 0) is 57.2 Å². The van der Waals surface area contributed by atoms with Crippen molar-refractivity contribution in [3.63, 3.8) is 0 Å². The molecule has 3 rings (SSSR count). The molecule has 144 valence electrons. The number of carbonyl (C=O) groups is 1. The normalized spacial score (nSPS) is 11.1. The molecule has 1 amide bonds. The Bertz CT molecular complexity index is 1010. The molecule has 0 radical (unpaired) electrons. The number of nitrogens with one attached hydrogen (secondary N) is 1. The minimum Gasteiger partial charge on any atom is -0.318 e. The fourth-order valence-corrected chi connectivity index (χ4v) is 4.00. The zero-order valence-corrected chi connectivity index (χ0v) is 18.5. The number of hydrogen-bond donors (Lipinski definition) is 1. The van der Waals surface area contributed by atoms with E-state index in [0.29, 0.717) is 5.75 Å². The molecule has 28 heavy (non-hydrogen) atoms. The van der Waals surface area contributed by atoms with Gasteiger partial charge in [0.15, 0.2) is 0 Å². The Labute approximate surface area is 178 Å². The summed E-state index contributed by atoms with van der Waals surface area (Å²) in [6, 6.07) is 18.3. The van der Waals surface area contributed by atoms with Crippen LogP contribution in [0.15, 0.2) is 69.1 Å². The largest absolute Gasteiger partial charge is 0.318 e. The maximum atomic E-state index is 12.0. The van der Waals surface area contributed by atoms with Crippen LogP contribution in [0, 0.1) is 20.8 Å². The van der Waals surface area contributed by atoms with Crippen LogP contribution in [0.4, 0.5) is 0 Å². The Morgan fingerprint density at radius 2 is 1.89 bits per heavy atom. The summed E-state index contributed by atoms with van der Waals surface area (Å²) in [5.41, 5.74) is 8.06. The van der Waals surface area contributed by atoms with Crippen molar-refractivity contribution in [2.75, 3.05) is 5.75 Å². The van der Waals surface area contributed by atoms with Gasteiger partial charge in [0.2, 0.25) is 5.91 Å². The lowest BCUT2D eigenvalue weighted by atomic mass is 10.2. The smallest absolute Gasteiger partial charge is 0.250 e. The van der Waals surface area contributed by atoms with E-state index in [0.717, 1.165) is 32.0 Å². The molecule has 0 saturated heterocycles. The van der Waals surface area contributed by atoms with E-state index in [4.69, 9.17) is 0 Å². The third kappa shape index (κ3) is 5.14. The highest BCUT2D eigenvalue weighted by molar-refractivity contribution is 9.10. The average molecular weight is 456 g/mol. The zero-order chi connectivity index (χ0) is 20.1. The third-order valence-corrected chi connectivity index (χ3v) is 5.83. The van der Waals surface area contributed by atoms with E-state index in [9.17, 15) is 4.79 Å². The molecule has 0 aliphatic rings. The number of aryl methyl sites for hydroxylation is 2. The lowest BCUT2D eigenvalue weighted by molar-refractivity contribution is -0.118. The first-order valence-corrected chi connectivity index (χ1v) is 10.7. The van der Waals surface area contributed by atoms with Crippen molar-refractivity contribution < 1.29 is 4.79 Å². The molecule has 0 aliphatic heterocycles. The Kier molecular flexibility index (Phi) is 6.75. The van der Waals surface area contributed by atoms with Gasteiger partial charge in [0.25, 0.3) is 0 Å². The summed E-state index contributed by atoms with van der Waals surface area (Å²) in [5, 5.41) is 4.13. The quantitative estimate of drug-likeness (QED) is 0.306. The standard InChI is InChI=1S/C22H22BrN3OS/c1-15-7-9-21(10-8-15)28-14-22(27)25-24-13-18-11-16(2)26(17(18)3)20-6-4-5-19(23)12-20/h4-13H,14H2,1-3H3,(H,25,27)/b24-13-. The second kappa shape index (κ2) is 9.26. The van der Waals surface area contributed by atoms with Crippen LogP contribution in [-0.4, -0.2) is 22.4 Å². The van der Waals surface area contributed by atoms with E-state index < -0.39 is 0 Å². The van der Waals surface area contributed by atoms with Gasteiger partial charge in [0, 0.05) is 32.0 Å². The average Bonchev–Trinajstić information content (AvgIpc) is 2.95. The van der Waals surface area contributed by atoms with E-state index in [1.54, 1.807) is 6.21 Å². The highest BCUT2D eigenvalue weighted by atomic mass is 79.9. The Hall–Kier alpha value is -2.31. The fraction of sp³-hybridized carbons (Fsp3) is 0.182. The SMILES string of the molecule is Cc1ccc(SCC(=O)N/N=C\c2cc(C)n(-c3cccc(Br)c3)c2C)cc1. The molecule has 0 atom stereocenters. The maximum absolute atomic E-state index is 12.0. The lowest BCUT2D eigenvalue weighted by Gasteiger charge is -2.09. The van der Waals surface area contributed by atoms with Crippen LogP contribution in [0.1, 0.15) is 22.5 Å². The molecule has 3 aromatic rings. The van der Waals surface area contributed by atoms with Crippen LogP contribution in [-0.2, 0) is 4.79 Å². The van der Waals surface area contributed by atoms with Crippen LogP contribution in [0.2, 0.25) is 0 Å². The van der Waals surface area contributed by atoms with Gasteiger partial charge in [-0.25, -0.2) is 5.43 Å². The minimum absolute atomic E-state index is 0.123. The summed E-state index contributed by atoms with van der Waals surface area (Å²) in [6.07, 6.45) is 1.70. The monoisotopic (exact) mass is 455 g/mol. The molecule has 0 spiro atoms. The summed E-state index contributed by atoms with van der Waals surface area (Å²) in [4.78, 5) is 13.1. The van der Waals surface area contributed by atoms with Crippen molar-refractivity contribution in [2.45, 2.75) is 25.7 Å².